The third-order valence-electron chi connectivity index (χ3n) is 4.47. The van der Waals surface area contributed by atoms with E-state index < -0.39 is 0 Å². The van der Waals surface area contributed by atoms with Crippen molar-refractivity contribution in [3.8, 4) is 5.75 Å². The van der Waals surface area contributed by atoms with Crippen LogP contribution in [0.4, 0.5) is 5.82 Å². The Hall–Kier alpha value is -2.63. The molecule has 1 saturated heterocycles. The molecule has 1 aliphatic rings. The molecule has 6 nitrogen and oxygen atoms in total. The number of carbonyl (C=O) groups is 1. The van der Waals surface area contributed by atoms with Gasteiger partial charge in [-0.2, -0.15) is 5.10 Å². The van der Waals surface area contributed by atoms with Crippen LogP contribution in [0.2, 0.25) is 0 Å². The van der Waals surface area contributed by atoms with Crippen molar-refractivity contribution in [2.24, 2.45) is 0 Å². The minimum absolute atomic E-state index is 0.0357. The normalized spacial score (nSPS) is 14.8. The van der Waals surface area contributed by atoms with E-state index in [4.69, 9.17) is 4.74 Å². The van der Waals surface area contributed by atoms with E-state index in [1.165, 1.54) is 0 Å². The molecule has 1 fully saturated rings. The summed E-state index contributed by atoms with van der Waals surface area (Å²) in [6.45, 7) is 7.62. The molecular weight excluding hydrogens is 328 g/mol. The van der Waals surface area contributed by atoms with Gasteiger partial charge in [0.15, 0.2) is 5.82 Å². The van der Waals surface area contributed by atoms with Gasteiger partial charge >= 0.3 is 0 Å². The predicted octanol–water partition coefficient (Wildman–Crippen LogP) is 2.93. The van der Waals surface area contributed by atoms with Gasteiger partial charge in [0.2, 0.25) is 0 Å². The number of aryl methyl sites for hydroxylation is 1. The average molecular weight is 354 g/mol. The Morgan fingerprint density at radius 2 is 1.92 bits per heavy atom. The van der Waals surface area contributed by atoms with Gasteiger partial charge < -0.3 is 14.5 Å². The Kier molecular flexibility index (Phi) is 6.04. The summed E-state index contributed by atoms with van der Waals surface area (Å²) in [6, 6.07) is 11.5. The number of rotatable bonds is 5. The Bertz CT molecular complexity index is 733. The molecule has 0 unspecified atom stereocenters. The van der Waals surface area contributed by atoms with Crippen LogP contribution in [0, 0.1) is 6.92 Å². The van der Waals surface area contributed by atoms with E-state index in [9.17, 15) is 4.79 Å². The number of para-hydroxylation sites is 1. The molecule has 1 amide bonds. The molecule has 3 rings (SSSR count). The van der Waals surface area contributed by atoms with Gasteiger partial charge in [0.25, 0.3) is 5.91 Å². The Morgan fingerprint density at radius 1 is 1.08 bits per heavy atom. The van der Waals surface area contributed by atoms with Crippen molar-refractivity contribution in [1.29, 1.82) is 0 Å². The van der Waals surface area contributed by atoms with Crippen LogP contribution in [0.25, 0.3) is 0 Å². The van der Waals surface area contributed by atoms with E-state index in [0.29, 0.717) is 24.5 Å². The molecule has 0 saturated carbocycles. The maximum absolute atomic E-state index is 13.0. The van der Waals surface area contributed by atoms with E-state index >= 15 is 0 Å². The summed E-state index contributed by atoms with van der Waals surface area (Å²) < 4.78 is 5.75. The predicted molar refractivity (Wildman–Crippen MR) is 102 cm³/mol. The number of nitrogens with zero attached hydrogens (tertiary/aromatic N) is 4. The van der Waals surface area contributed by atoms with Crippen molar-refractivity contribution in [2.45, 2.75) is 26.7 Å². The van der Waals surface area contributed by atoms with Gasteiger partial charge in [-0.05, 0) is 44.0 Å². The van der Waals surface area contributed by atoms with E-state index in [1.54, 1.807) is 0 Å². The van der Waals surface area contributed by atoms with Crippen molar-refractivity contribution in [2.75, 3.05) is 37.7 Å². The molecule has 0 spiro atoms. The van der Waals surface area contributed by atoms with Crippen LogP contribution >= 0.6 is 0 Å². The minimum Gasteiger partial charge on any atom is -0.493 e. The maximum Gasteiger partial charge on any atom is 0.257 e. The lowest BCUT2D eigenvalue weighted by Gasteiger charge is -2.23. The largest absolute Gasteiger partial charge is 0.493 e. The van der Waals surface area contributed by atoms with Gasteiger partial charge in [0.05, 0.1) is 17.9 Å². The van der Waals surface area contributed by atoms with Crippen molar-refractivity contribution in [3.05, 3.63) is 47.7 Å². The molecule has 0 bridgehead atoms. The van der Waals surface area contributed by atoms with Crippen LogP contribution in [0.15, 0.2) is 36.4 Å². The average Bonchev–Trinajstić information content (AvgIpc) is 2.93. The summed E-state index contributed by atoms with van der Waals surface area (Å²) in [6.07, 6.45) is 1.82. The van der Waals surface area contributed by atoms with Crippen LogP contribution in [0.5, 0.6) is 5.75 Å². The zero-order valence-electron chi connectivity index (χ0n) is 15.5. The first-order valence-electron chi connectivity index (χ1n) is 9.25. The van der Waals surface area contributed by atoms with Crippen molar-refractivity contribution in [3.63, 3.8) is 0 Å². The Morgan fingerprint density at radius 3 is 2.69 bits per heavy atom. The van der Waals surface area contributed by atoms with E-state index in [0.717, 1.165) is 44.0 Å². The molecular formula is C20H26N4O2. The molecule has 26 heavy (non-hydrogen) atoms. The van der Waals surface area contributed by atoms with Gasteiger partial charge in [-0.15, -0.1) is 5.10 Å². The van der Waals surface area contributed by atoms with Crippen LogP contribution in [0.1, 0.15) is 35.8 Å². The van der Waals surface area contributed by atoms with Gasteiger partial charge in [-0.3, -0.25) is 4.79 Å². The smallest absolute Gasteiger partial charge is 0.257 e. The second-order valence-electron chi connectivity index (χ2n) is 6.51. The maximum atomic E-state index is 13.0. The first-order chi connectivity index (χ1) is 12.7. The standard InChI is InChI=1S/C20H26N4O2/c1-3-15-26-18-8-5-4-7-17(18)20(25)24-12-6-11-23(13-14-24)19-10-9-16(2)21-22-19/h4-5,7-10H,3,6,11-15H2,1-2H3. The number of amides is 1. The number of aromatic nitrogens is 2. The fourth-order valence-electron chi connectivity index (χ4n) is 3.06. The van der Waals surface area contributed by atoms with Crippen LogP contribution < -0.4 is 9.64 Å². The quantitative estimate of drug-likeness (QED) is 0.826. The lowest BCUT2D eigenvalue weighted by atomic mass is 10.1. The number of carbonyl (C=O) groups excluding carboxylic acids is 1. The lowest BCUT2D eigenvalue weighted by molar-refractivity contribution is 0.0762. The number of hydrogen-bond acceptors (Lipinski definition) is 5. The summed E-state index contributed by atoms with van der Waals surface area (Å²) in [5.41, 5.74) is 1.55. The second kappa shape index (κ2) is 8.65. The SMILES string of the molecule is CCCOc1ccccc1C(=O)N1CCCN(c2ccc(C)nn2)CC1. The third kappa shape index (κ3) is 4.31. The molecule has 1 aromatic heterocycles. The molecule has 2 heterocycles. The summed E-state index contributed by atoms with van der Waals surface area (Å²) in [5, 5.41) is 8.41. The zero-order chi connectivity index (χ0) is 18.4. The summed E-state index contributed by atoms with van der Waals surface area (Å²) in [4.78, 5) is 17.1. The molecule has 2 aromatic rings. The first-order valence-corrected chi connectivity index (χ1v) is 9.25. The summed E-state index contributed by atoms with van der Waals surface area (Å²) >= 11 is 0. The number of hydrogen-bond donors (Lipinski definition) is 0. The zero-order valence-corrected chi connectivity index (χ0v) is 15.5. The fourth-order valence-corrected chi connectivity index (χ4v) is 3.06. The van der Waals surface area contributed by atoms with Gasteiger partial charge in [0.1, 0.15) is 5.75 Å². The molecule has 1 aliphatic heterocycles. The first kappa shape index (κ1) is 18.2. The van der Waals surface area contributed by atoms with Crippen molar-refractivity contribution in [1.82, 2.24) is 15.1 Å². The van der Waals surface area contributed by atoms with Crippen molar-refractivity contribution >= 4 is 11.7 Å². The third-order valence-corrected chi connectivity index (χ3v) is 4.47. The van der Waals surface area contributed by atoms with E-state index in [2.05, 4.69) is 22.0 Å². The highest BCUT2D eigenvalue weighted by molar-refractivity contribution is 5.97. The molecule has 1 aromatic carbocycles. The van der Waals surface area contributed by atoms with Gasteiger partial charge in [-0.1, -0.05) is 19.1 Å². The Balaban J connectivity index is 1.69. The van der Waals surface area contributed by atoms with E-state index in [1.807, 2.05) is 48.2 Å². The molecule has 0 atom stereocenters. The summed E-state index contributed by atoms with van der Waals surface area (Å²) in [5.74, 6) is 1.58. The van der Waals surface area contributed by atoms with Gasteiger partial charge in [0, 0.05) is 26.2 Å². The molecule has 0 aliphatic carbocycles. The monoisotopic (exact) mass is 354 g/mol. The highest BCUT2D eigenvalue weighted by Gasteiger charge is 2.23. The van der Waals surface area contributed by atoms with Gasteiger partial charge in [-0.25, -0.2) is 0 Å². The van der Waals surface area contributed by atoms with Crippen LogP contribution in [-0.2, 0) is 0 Å². The Labute approximate surface area is 154 Å². The van der Waals surface area contributed by atoms with Crippen LogP contribution in [0.3, 0.4) is 0 Å². The minimum atomic E-state index is 0.0357. The number of benzene rings is 1. The topological polar surface area (TPSA) is 58.6 Å². The van der Waals surface area contributed by atoms with Crippen LogP contribution in [-0.4, -0.2) is 53.8 Å². The number of ether oxygens (including phenoxy) is 1. The second-order valence-corrected chi connectivity index (χ2v) is 6.51. The highest BCUT2D eigenvalue weighted by atomic mass is 16.5. The molecule has 138 valence electrons. The fraction of sp³-hybridized carbons (Fsp3) is 0.450. The lowest BCUT2D eigenvalue weighted by Crippen LogP contribution is -2.35. The molecule has 0 N–H and O–H groups in total. The van der Waals surface area contributed by atoms with E-state index in [-0.39, 0.29) is 5.91 Å². The molecule has 6 heteroatoms. The summed E-state index contributed by atoms with van der Waals surface area (Å²) in [7, 11) is 0. The number of anilines is 1. The highest BCUT2D eigenvalue weighted by Crippen LogP contribution is 2.21. The molecule has 0 radical (unpaired) electrons. The van der Waals surface area contributed by atoms with Crippen molar-refractivity contribution < 1.29 is 9.53 Å².